The fraction of sp³-hybridized carbons (Fsp3) is 0.167. The maximum atomic E-state index is 13.2. The predicted octanol–water partition coefficient (Wildman–Crippen LogP) is 2.71. The molecule has 1 heterocycles. The molecule has 1 aliphatic heterocycles. The summed E-state index contributed by atoms with van der Waals surface area (Å²) < 4.78 is 13.2. The summed E-state index contributed by atoms with van der Waals surface area (Å²) in [4.78, 5) is 25.6. The van der Waals surface area contributed by atoms with Crippen LogP contribution >= 0.6 is 0 Å². The number of likely N-dealkylation sites (N-methyl/N-ethyl adjacent to an activating group) is 1. The largest absolute Gasteiger partial charge is 0.478 e. The Hall–Kier alpha value is -3.22. The fourth-order valence-electron chi connectivity index (χ4n) is 2.34. The number of hydrogen-bond donors (Lipinski definition) is 2. The molecule has 0 saturated heterocycles. The van der Waals surface area contributed by atoms with Crippen LogP contribution in [-0.4, -0.2) is 47.0 Å². The molecule has 0 radical (unpaired) electrons. The van der Waals surface area contributed by atoms with Crippen LogP contribution in [0.25, 0.3) is 10.8 Å². The van der Waals surface area contributed by atoms with E-state index >= 15 is 0 Å². The number of aliphatic carboxylic acids is 2. The normalized spacial score (nSPS) is 16.1. The second-order valence-electron chi connectivity index (χ2n) is 5.48. The number of rotatable bonds is 3. The Morgan fingerprint density at radius 1 is 1.12 bits per heavy atom. The van der Waals surface area contributed by atoms with Crippen molar-refractivity contribution in [2.45, 2.75) is 6.04 Å². The minimum Gasteiger partial charge on any atom is -0.478 e. The molecule has 0 fully saturated rings. The summed E-state index contributed by atoms with van der Waals surface area (Å²) in [5.74, 6) is -2.71. The fourth-order valence-corrected chi connectivity index (χ4v) is 2.34. The average molecular weight is 344 g/mol. The van der Waals surface area contributed by atoms with Crippen molar-refractivity contribution >= 4 is 29.0 Å². The number of carboxylic acids is 2. The maximum Gasteiger partial charge on any atom is 0.328 e. The Bertz CT molecular complexity index is 832. The highest BCUT2D eigenvalue weighted by Gasteiger charge is 2.16. The third kappa shape index (κ3) is 5.42. The van der Waals surface area contributed by atoms with Crippen LogP contribution in [-0.2, 0) is 9.59 Å². The average Bonchev–Trinajstić information content (AvgIpc) is 2.99. The topological polar surface area (TPSA) is 90.2 Å². The molecular weight excluding hydrogens is 327 g/mol. The van der Waals surface area contributed by atoms with Crippen LogP contribution in [0.3, 0.4) is 0 Å². The number of fused-ring (bicyclic) bond motifs is 1. The molecular formula is C18H17FN2O4. The summed E-state index contributed by atoms with van der Waals surface area (Å²) in [6.07, 6.45) is 2.96. The zero-order chi connectivity index (χ0) is 18.4. The van der Waals surface area contributed by atoms with E-state index in [1.165, 1.54) is 6.07 Å². The van der Waals surface area contributed by atoms with E-state index < -0.39 is 11.9 Å². The standard InChI is InChI=1S/C14H13FN2.C4H4O4/c1-17-8-14(16-9-17)11-3-2-10-4-5-13(15)7-12(10)6-11;5-3(6)1-2-4(7)8/h2-7,9,14H,8H2,1H3;1-2H,(H,5,6)(H,7,8)/b;2-1+. The lowest BCUT2D eigenvalue weighted by Gasteiger charge is -2.11. The van der Waals surface area contributed by atoms with E-state index in [1.807, 2.05) is 25.5 Å². The van der Waals surface area contributed by atoms with Crippen LogP contribution in [0.5, 0.6) is 0 Å². The summed E-state index contributed by atoms with van der Waals surface area (Å²) in [6.45, 7) is 0.890. The predicted molar refractivity (Wildman–Crippen MR) is 92.2 cm³/mol. The van der Waals surface area contributed by atoms with Gasteiger partial charge >= 0.3 is 11.9 Å². The molecule has 1 aliphatic rings. The van der Waals surface area contributed by atoms with Gasteiger partial charge in [-0.3, -0.25) is 4.99 Å². The monoisotopic (exact) mass is 344 g/mol. The smallest absolute Gasteiger partial charge is 0.328 e. The Morgan fingerprint density at radius 3 is 2.32 bits per heavy atom. The zero-order valence-corrected chi connectivity index (χ0v) is 13.5. The quantitative estimate of drug-likeness (QED) is 0.836. The van der Waals surface area contributed by atoms with Crippen LogP contribution in [0.15, 0.2) is 53.5 Å². The summed E-state index contributed by atoms with van der Waals surface area (Å²) in [5, 5.41) is 17.6. The van der Waals surface area contributed by atoms with E-state index in [-0.39, 0.29) is 11.9 Å². The molecule has 0 bridgehead atoms. The van der Waals surface area contributed by atoms with Crippen molar-refractivity contribution in [1.29, 1.82) is 0 Å². The van der Waals surface area contributed by atoms with E-state index in [0.29, 0.717) is 12.2 Å². The zero-order valence-electron chi connectivity index (χ0n) is 13.5. The Kier molecular flexibility index (Phi) is 5.84. The summed E-state index contributed by atoms with van der Waals surface area (Å²) in [5.41, 5.74) is 1.14. The molecule has 130 valence electrons. The molecule has 0 saturated carbocycles. The van der Waals surface area contributed by atoms with Crippen LogP contribution in [0.2, 0.25) is 0 Å². The van der Waals surface area contributed by atoms with Crippen molar-refractivity contribution in [2.75, 3.05) is 13.6 Å². The van der Waals surface area contributed by atoms with E-state index in [9.17, 15) is 14.0 Å². The van der Waals surface area contributed by atoms with Gasteiger partial charge in [-0.15, -0.1) is 0 Å². The molecule has 0 amide bonds. The van der Waals surface area contributed by atoms with Gasteiger partial charge in [0.05, 0.1) is 12.4 Å². The molecule has 1 atom stereocenters. The van der Waals surface area contributed by atoms with Gasteiger partial charge in [-0.25, -0.2) is 14.0 Å². The number of halogens is 1. The molecule has 2 aromatic rings. The minimum atomic E-state index is -1.26. The lowest BCUT2D eigenvalue weighted by Crippen LogP contribution is -2.14. The molecule has 7 heteroatoms. The first kappa shape index (κ1) is 18.1. The van der Waals surface area contributed by atoms with E-state index in [2.05, 4.69) is 16.0 Å². The first-order valence-corrected chi connectivity index (χ1v) is 7.42. The second-order valence-corrected chi connectivity index (χ2v) is 5.48. The number of hydrogen-bond acceptors (Lipinski definition) is 4. The van der Waals surface area contributed by atoms with Gasteiger partial charge in [0.2, 0.25) is 0 Å². The van der Waals surface area contributed by atoms with Crippen LogP contribution in [0.4, 0.5) is 4.39 Å². The van der Waals surface area contributed by atoms with Crippen molar-refractivity contribution < 1.29 is 24.2 Å². The molecule has 6 nitrogen and oxygen atoms in total. The Morgan fingerprint density at radius 2 is 1.76 bits per heavy atom. The third-order valence-electron chi connectivity index (χ3n) is 3.48. The summed E-state index contributed by atoms with van der Waals surface area (Å²) in [6, 6.07) is 11.2. The lowest BCUT2D eigenvalue weighted by molar-refractivity contribution is -0.134. The molecule has 3 rings (SSSR count). The van der Waals surface area contributed by atoms with Gasteiger partial charge < -0.3 is 15.1 Å². The van der Waals surface area contributed by atoms with Crippen LogP contribution < -0.4 is 0 Å². The first-order chi connectivity index (χ1) is 11.8. The molecule has 0 aliphatic carbocycles. The van der Waals surface area contributed by atoms with Crippen molar-refractivity contribution in [3.8, 4) is 0 Å². The van der Waals surface area contributed by atoms with Gasteiger partial charge in [0.15, 0.2) is 0 Å². The van der Waals surface area contributed by atoms with E-state index in [1.54, 1.807) is 12.1 Å². The first-order valence-electron chi connectivity index (χ1n) is 7.42. The highest BCUT2D eigenvalue weighted by atomic mass is 19.1. The summed E-state index contributed by atoms with van der Waals surface area (Å²) >= 11 is 0. The Labute approximate surface area is 143 Å². The summed E-state index contributed by atoms with van der Waals surface area (Å²) in [7, 11) is 2.00. The highest BCUT2D eigenvalue weighted by molar-refractivity contribution is 5.89. The van der Waals surface area contributed by atoms with Gasteiger partial charge in [-0.05, 0) is 34.5 Å². The van der Waals surface area contributed by atoms with Gasteiger partial charge in [-0.2, -0.15) is 0 Å². The lowest BCUT2D eigenvalue weighted by atomic mass is 10.0. The van der Waals surface area contributed by atoms with Gasteiger partial charge in [0.1, 0.15) is 5.82 Å². The molecule has 0 aromatic heterocycles. The van der Waals surface area contributed by atoms with E-state index in [4.69, 9.17) is 10.2 Å². The highest BCUT2D eigenvalue weighted by Crippen LogP contribution is 2.25. The second kappa shape index (κ2) is 8.05. The minimum absolute atomic E-state index is 0.174. The molecule has 2 N–H and O–H groups in total. The molecule has 0 spiro atoms. The molecule has 1 unspecified atom stereocenters. The number of carboxylic acid groups (broad SMARTS) is 2. The number of aliphatic imine (C=N–C) groups is 1. The number of benzene rings is 2. The van der Waals surface area contributed by atoms with Crippen LogP contribution in [0, 0.1) is 5.82 Å². The van der Waals surface area contributed by atoms with Gasteiger partial charge in [0, 0.05) is 25.7 Å². The molecule has 25 heavy (non-hydrogen) atoms. The van der Waals surface area contributed by atoms with Crippen molar-refractivity contribution in [1.82, 2.24) is 4.90 Å². The van der Waals surface area contributed by atoms with Gasteiger partial charge in [-0.1, -0.05) is 18.2 Å². The van der Waals surface area contributed by atoms with Gasteiger partial charge in [0.25, 0.3) is 0 Å². The Balaban J connectivity index is 0.000000242. The van der Waals surface area contributed by atoms with E-state index in [0.717, 1.165) is 22.9 Å². The maximum absolute atomic E-state index is 13.2. The van der Waals surface area contributed by atoms with Crippen LogP contribution in [0.1, 0.15) is 11.6 Å². The molecule has 2 aromatic carbocycles. The number of carbonyl (C=O) groups is 2. The van der Waals surface area contributed by atoms with Crippen molar-refractivity contribution in [2.24, 2.45) is 4.99 Å². The third-order valence-corrected chi connectivity index (χ3v) is 3.48. The SMILES string of the molecule is CN1C=NC(c2ccc3ccc(F)cc3c2)C1.O=C(O)/C=C/C(=O)O. The van der Waals surface area contributed by atoms with Crippen molar-refractivity contribution in [3.05, 3.63) is 59.9 Å². The van der Waals surface area contributed by atoms with Crippen molar-refractivity contribution in [3.63, 3.8) is 0 Å². The number of nitrogens with zero attached hydrogens (tertiary/aromatic N) is 2.